The van der Waals surface area contributed by atoms with Crippen LogP contribution in [-0.4, -0.2) is 33.0 Å². The molecule has 1 aliphatic heterocycles. The molecule has 4 atom stereocenters. The molecular formula is C18H27F6NS. The summed E-state index contributed by atoms with van der Waals surface area (Å²) in [6.45, 7) is 9.48. The van der Waals surface area contributed by atoms with Gasteiger partial charge in [-0.05, 0) is 56.8 Å². The SMILES string of the molecule is CC(C)(C)CC(C)(C)N1SC(C(F)(F)F)(C(F)(F)F)C2C3CCC(C3)C21. The fourth-order valence-electron chi connectivity index (χ4n) is 5.99. The largest absolute Gasteiger partial charge is 0.413 e. The fraction of sp³-hybridized carbons (Fsp3) is 1.00. The zero-order chi connectivity index (χ0) is 19.9. The Hall–Kier alpha value is -0.110. The molecule has 1 nitrogen and oxygen atoms in total. The highest BCUT2D eigenvalue weighted by Gasteiger charge is 2.83. The van der Waals surface area contributed by atoms with Gasteiger partial charge in [-0.15, -0.1) is 0 Å². The standard InChI is InChI=1S/C18H27F6NS/c1-14(2,3)9-15(4,5)25-13-11-7-6-10(8-11)12(13)16(26-25,17(19,20)21)18(22,23)24/h10-13H,6-9H2,1-5H3. The van der Waals surface area contributed by atoms with E-state index in [-0.39, 0.29) is 23.3 Å². The summed E-state index contributed by atoms with van der Waals surface area (Å²) in [5.41, 5.74) is -0.951. The van der Waals surface area contributed by atoms with Gasteiger partial charge in [0.15, 0.2) is 0 Å². The molecule has 1 saturated heterocycles. The number of hydrogen-bond acceptors (Lipinski definition) is 2. The van der Waals surface area contributed by atoms with Gasteiger partial charge in [-0.2, -0.15) is 26.3 Å². The molecule has 0 aromatic heterocycles. The van der Waals surface area contributed by atoms with Crippen LogP contribution in [0.15, 0.2) is 0 Å². The summed E-state index contributed by atoms with van der Waals surface area (Å²) in [7, 11) is 0. The Kier molecular flexibility index (Phi) is 4.53. The van der Waals surface area contributed by atoms with Crippen molar-refractivity contribution in [2.75, 3.05) is 0 Å². The Morgan fingerprint density at radius 1 is 0.885 bits per heavy atom. The Bertz CT molecular complexity index is 547. The first-order valence-electron chi connectivity index (χ1n) is 9.13. The monoisotopic (exact) mass is 403 g/mol. The van der Waals surface area contributed by atoms with Gasteiger partial charge in [-0.3, -0.25) is 0 Å². The highest BCUT2D eigenvalue weighted by Crippen LogP contribution is 2.72. The van der Waals surface area contributed by atoms with Gasteiger partial charge in [0.25, 0.3) is 0 Å². The number of alkyl halides is 6. The molecule has 0 aromatic rings. The van der Waals surface area contributed by atoms with E-state index in [4.69, 9.17) is 0 Å². The van der Waals surface area contributed by atoms with Crippen molar-refractivity contribution in [1.82, 2.24) is 4.31 Å². The molecule has 0 spiro atoms. The van der Waals surface area contributed by atoms with Crippen molar-refractivity contribution in [3.05, 3.63) is 0 Å². The smallest absolute Gasteiger partial charge is 0.240 e. The minimum Gasteiger partial charge on any atom is -0.240 e. The molecule has 26 heavy (non-hydrogen) atoms. The number of hydrogen-bond donors (Lipinski definition) is 0. The maximum absolute atomic E-state index is 14.0. The van der Waals surface area contributed by atoms with Crippen molar-refractivity contribution in [3.63, 3.8) is 0 Å². The lowest BCUT2D eigenvalue weighted by Crippen LogP contribution is -2.59. The van der Waals surface area contributed by atoms with Crippen molar-refractivity contribution in [2.24, 2.45) is 23.2 Å². The Morgan fingerprint density at radius 2 is 1.38 bits per heavy atom. The first-order valence-corrected chi connectivity index (χ1v) is 9.90. The van der Waals surface area contributed by atoms with Crippen LogP contribution >= 0.6 is 11.9 Å². The molecule has 2 aliphatic carbocycles. The van der Waals surface area contributed by atoms with Gasteiger partial charge in [0.1, 0.15) is 0 Å². The normalized spacial score (nSPS) is 35.2. The Morgan fingerprint density at radius 3 is 1.85 bits per heavy atom. The topological polar surface area (TPSA) is 3.24 Å². The third-order valence-electron chi connectivity index (χ3n) is 6.26. The van der Waals surface area contributed by atoms with Crippen LogP contribution in [0.25, 0.3) is 0 Å². The molecule has 0 radical (unpaired) electrons. The average Bonchev–Trinajstić information content (AvgIpc) is 3.04. The van der Waals surface area contributed by atoms with E-state index in [0.29, 0.717) is 19.3 Å². The Labute approximate surface area is 155 Å². The molecular weight excluding hydrogens is 376 g/mol. The molecule has 2 saturated carbocycles. The summed E-state index contributed by atoms with van der Waals surface area (Å²) in [4.78, 5) is 0. The van der Waals surface area contributed by atoms with Crippen molar-refractivity contribution in [2.45, 2.75) is 89.0 Å². The molecule has 0 amide bonds. The van der Waals surface area contributed by atoms with E-state index < -0.39 is 40.5 Å². The van der Waals surface area contributed by atoms with Gasteiger partial charge in [-0.25, -0.2) is 4.31 Å². The van der Waals surface area contributed by atoms with E-state index in [9.17, 15) is 26.3 Å². The summed E-state index contributed by atoms with van der Waals surface area (Å²) in [5, 5.41) is 0. The van der Waals surface area contributed by atoms with Crippen LogP contribution in [0.4, 0.5) is 26.3 Å². The molecule has 0 aromatic carbocycles. The van der Waals surface area contributed by atoms with Gasteiger partial charge in [0, 0.05) is 17.5 Å². The van der Waals surface area contributed by atoms with Crippen LogP contribution in [0.5, 0.6) is 0 Å². The molecule has 2 bridgehead atoms. The molecule has 0 N–H and O–H groups in total. The molecule has 152 valence electrons. The predicted octanol–water partition coefficient (Wildman–Crippen LogP) is 6.44. The van der Waals surface area contributed by atoms with E-state index >= 15 is 0 Å². The first kappa shape index (κ1) is 20.6. The summed E-state index contributed by atoms with van der Waals surface area (Å²) in [5.74, 6) is -1.95. The number of halogens is 6. The molecule has 4 unspecified atom stereocenters. The third kappa shape index (κ3) is 2.88. The molecule has 1 heterocycles. The average molecular weight is 403 g/mol. The van der Waals surface area contributed by atoms with Crippen LogP contribution in [0.3, 0.4) is 0 Å². The second-order valence-corrected chi connectivity index (χ2v) is 11.3. The second kappa shape index (κ2) is 5.71. The van der Waals surface area contributed by atoms with Crippen molar-refractivity contribution in [3.8, 4) is 0 Å². The Balaban J connectivity index is 2.10. The van der Waals surface area contributed by atoms with E-state index in [1.807, 2.05) is 20.8 Å². The highest BCUT2D eigenvalue weighted by atomic mass is 32.2. The lowest BCUT2D eigenvalue weighted by atomic mass is 9.73. The van der Waals surface area contributed by atoms with Gasteiger partial charge in [0.2, 0.25) is 4.75 Å². The van der Waals surface area contributed by atoms with Crippen LogP contribution in [0.1, 0.15) is 60.3 Å². The minimum absolute atomic E-state index is 0.0425. The van der Waals surface area contributed by atoms with Crippen molar-refractivity contribution >= 4 is 11.9 Å². The van der Waals surface area contributed by atoms with Crippen molar-refractivity contribution < 1.29 is 26.3 Å². The molecule has 3 aliphatic rings. The number of rotatable bonds is 2. The zero-order valence-corrected chi connectivity index (χ0v) is 16.6. The van der Waals surface area contributed by atoms with Gasteiger partial charge in [-0.1, -0.05) is 32.7 Å². The maximum Gasteiger partial charge on any atom is 0.413 e. The number of nitrogens with zero attached hydrogens (tertiary/aromatic N) is 1. The zero-order valence-electron chi connectivity index (χ0n) is 15.8. The van der Waals surface area contributed by atoms with Gasteiger partial charge < -0.3 is 0 Å². The molecule has 3 rings (SSSR count). The summed E-state index contributed by atoms with van der Waals surface area (Å²) < 4.78 is 81.9. The van der Waals surface area contributed by atoms with E-state index in [1.165, 1.54) is 4.31 Å². The lowest BCUT2D eigenvalue weighted by molar-refractivity contribution is -0.280. The highest BCUT2D eigenvalue weighted by molar-refractivity contribution is 7.98. The molecule has 8 heteroatoms. The maximum atomic E-state index is 14.0. The van der Waals surface area contributed by atoms with E-state index in [0.717, 1.165) is 6.42 Å². The summed E-state index contributed by atoms with van der Waals surface area (Å²) >= 11 is 0.0425. The van der Waals surface area contributed by atoms with Crippen LogP contribution in [-0.2, 0) is 0 Å². The third-order valence-corrected chi connectivity index (χ3v) is 8.21. The van der Waals surface area contributed by atoms with E-state index in [2.05, 4.69) is 0 Å². The van der Waals surface area contributed by atoms with Crippen LogP contribution < -0.4 is 0 Å². The first-order chi connectivity index (χ1) is 11.5. The van der Waals surface area contributed by atoms with Crippen molar-refractivity contribution in [1.29, 1.82) is 0 Å². The molecule has 3 fully saturated rings. The van der Waals surface area contributed by atoms with Gasteiger partial charge >= 0.3 is 12.4 Å². The quantitative estimate of drug-likeness (QED) is 0.385. The van der Waals surface area contributed by atoms with Crippen LogP contribution in [0.2, 0.25) is 0 Å². The minimum atomic E-state index is -5.32. The predicted molar refractivity (Wildman–Crippen MR) is 90.5 cm³/mol. The second-order valence-electron chi connectivity index (χ2n) is 10.0. The number of fused-ring (bicyclic) bond motifs is 5. The van der Waals surface area contributed by atoms with Crippen LogP contribution in [0, 0.1) is 23.2 Å². The van der Waals surface area contributed by atoms with E-state index in [1.54, 1.807) is 13.8 Å². The van der Waals surface area contributed by atoms with Gasteiger partial charge in [0.05, 0.1) is 0 Å². The lowest BCUT2D eigenvalue weighted by Gasteiger charge is -2.44. The summed E-state index contributed by atoms with van der Waals surface area (Å²) in [6, 6.07) is -0.653. The fourth-order valence-corrected chi connectivity index (χ4v) is 7.70. The summed E-state index contributed by atoms with van der Waals surface area (Å²) in [6.07, 6.45) is -8.41.